The van der Waals surface area contributed by atoms with Crippen molar-refractivity contribution in [1.82, 2.24) is 14.9 Å². The molecule has 7 heteroatoms. The third kappa shape index (κ3) is 4.82. The van der Waals surface area contributed by atoms with Gasteiger partial charge in [-0.2, -0.15) is 0 Å². The van der Waals surface area contributed by atoms with Gasteiger partial charge in [0.1, 0.15) is 6.54 Å². The quantitative estimate of drug-likeness (QED) is 0.737. The maximum Gasteiger partial charge on any atom is 0.328 e. The Morgan fingerprint density at radius 1 is 1.25 bits per heavy atom. The number of hydrogen-bond donors (Lipinski definition) is 2. The minimum Gasteiger partial charge on any atom is -0.347 e. The fraction of sp³-hybridized carbons (Fsp3) is 0.476. The van der Waals surface area contributed by atoms with Crippen molar-refractivity contribution in [2.24, 2.45) is 11.8 Å². The van der Waals surface area contributed by atoms with Crippen molar-refractivity contribution in [1.29, 1.82) is 0 Å². The molecule has 1 heterocycles. The van der Waals surface area contributed by atoms with Crippen molar-refractivity contribution in [3.63, 3.8) is 0 Å². The molecule has 0 spiro atoms. The molecule has 28 heavy (non-hydrogen) atoms. The number of nitrogens with zero attached hydrogens (tertiary/aromatic N) is 1. The largest absolute Gasteiger partial charge is 0.347 e. The number of carbonyl (C=O) groups excluding carboxylic acids is 1. The van der Waals surface area contributed by atoms with Gasteiger partial charge in [-0.15, -0.1) is 0 Å². The van der Waals surface area contributed by atoms with Crippen LogP contribution in [0.15, 0.2) is 44.5 Å². The first-order valence-electron chi connectivity index (χ1n) is 9.69. The first-order valence-corrected chi connectivity index (χ1v) is 10.5. The van der Waals surface area contributed by atoms with E-state index in [1.807, 2.05) is 12.1 Å². The van der Waals surface area contributed by atoms with Crippen LogP contribution in [-0.4, -0.2) is 15.5 Å². The third-order valence-corrected chi connectivity index (χ3v) is 6.22. The summed E-state index contributed by atoms with van der Waals surface area (Å²) in [4.78, 5) is 38.5. The molecule has 6 nitrogen and oxygen atoms in total. The van der Waals surface area contributed by atoms with Gasteiger partial charge in [0.25, 0.3) is 5.56 Å². The van der Waals surface area contributed by atoms with Gasteiger partial charge in [0.05, 0.1) is 10.5 Å². The molecule has 0 saturated heterocycles. The van der Waals surface area contributed by atoms with Crippen molar-refractivity contribution in [3.8, 4) is 0 Å². The topological polar surface area (TPSA) is 84.0 Å². The average molecular weight is 448 g/mol. The van der Waals surface area contributed by atoms with Gasteiger partial charge in [0.15, 0.2) is 0 Å². The molecule has 1 aliphatic carbocycles. The number of benzene rings is 1. The number of aromatic amines is 1. The Morgan fingerprint density at radius 2 is 1.93 bits per heavy atom. The molecule has 1 saturated carbocycles. The van der Waals surface area contributed by atoms with Gasteiger partial charge >= 0.3 is 5.69 Å². The third-order valence-electron chi connectivity index (χ3n) is 5.65. The molecule has 1 aromatic carbocycles. The Kier molecular flexibility index (Phi) is 6.54. The molecule has 1 amide bonds. The van der Waals surface area contributed by atoms with Crippen LogP contribution in [-0.2, 0) is 11.3 Å². The van der Waals surface area contributed by atoms with E-state index in [0.29, 0.717) is 5.92 Å². The van der Waals surface area contributed by atoms with Gasteiger partial charge in [0.2, 0.25) is 5.91 Å². The average Bonchev–Trinajstić information content (AvgIpc) is 2.66. The number of amides is 1. The smallest absolute Gasteiger partial charge is 0.328 e. The van der Waals surface area contributed by atoms with Gasteiger partial charge in [-0.1, -0.05) is 44.0 Å². The van der Waals surface area contributed by atoms with Crippen LogP contribution in [0.2, 0.25) is 0 Å². The highest BCUT2D eigenvalue weighted by Gasteiger charge is 2.29. The van der Waals surface area contributed by atoms with Crippen LogP contribution in [0.3, 0.4) is 0 Å². The number of aromatic nitrogens is 2. The lowest BCUT2D eigenvalue weighted by Gasteiger charge is -2.34. The van der Waals surface area contributed by atoms with E-state index in [0.717, 1.165) is 42.7 Å². The van der Waals surface area contributed by atoms with Crippen molar-refractivity contribution in [2.75, 3.05) is 0 Å². The second kappa shape index (κ2) is 8.90. The second-order valence-electron chi connectivity index (χ2n) is 7.79. The van der Waals surface area contributed by atoms with Crippen LogP contribution in [0, 0.1) is 18.8 Å². The van der Waals surface area contributed by atoms with Crippen LogP contribution in [0.1, 0.15) is 49.8 Å². The molecule has 3 rings (SSSR count). The molecular formula is C21H26BrN3O3. The minimum atomic E-state index is -0.595. The number of hydrogen-bond acceptors (Lipinski definition) is 3. The molecule has 0 bridgehead atoms. The van der Waals surface area contributed by atoms with Crippen LogP contribution in [0.25, 0.3) is 0 Å². The Hall–Kier alpha value is -2.15. The molecule has 2 N–H and O–H groups in total. The SMILES string of the molecule is Cc1ccccc1C(NC(=O)Cn1cc(Br)c(=O)[nH]c1=O)C1CCC(C)CC1. The van der Waals surface area contributed by atoms with Gasteiger partial charge in [0, 0.05) is 6.20 Å². The summed E-state index contributed by atoms with van der Waals surface area (Å²) in [6, 6.07) is 8.04. The highest BCUT2D eigenvalue weighted by molar-refractivity contribution is 9.10. The molecule has 1 unspecified atom stereocenters. The van der Waals surface area contributed by atoms with E-state index in [9.17, 15) is 14.4 Å². The van der Waals surface area contributed by atoms with Crippen LogP contribution in [0.5, 0.6) is 0 Å². The Balaban J connectivity index is 1.82. The summed E-state index contributed by atoms with van der Waals surface area (Å²) in [5.74, 6) is 0.856. The summed E-state index contributed by atoms with van der Waals surface area (Å²) < 4.78 is 1.43. The summed E-state index contributed by atoms with van der Waals surface area (Å²) in [6.07, 6.45) is 5.82. The second-order valence-corrected chi connectivity index (χ2v) is 8.64. The van der Waals surface area contributed by atoms with Gasteiger partial charge in [-0.3, -0.25) is 19.1 Å². The predicted octanol–water partition coefficient (Wildman–Crippen LogP) is 3.29. The molecule has 0 radical (unpaired) electrons. The van der Waals surface area contributed by atoms with Crippen LogP contribution >= 0.6 is 15.9 Å². The normalized spacial score (nSPS) is 20.5. The Labute approximate surface area is 172 Å². The maximum absolute atomic E-state index is 12.8. The van der Waals surface area contributed by atoms with Crippen molar-refractivity contribution < 1.29 is 4.79 Å². The lowest BCUT2D eigenvalue weighted by atomic mass is 9.76. The fourth-order valence-electron chi connectivity index (χ4n) is 3.98. The number of aryl methyl sites for hydroxylation is 1. The molecule has 1 atom stereocenters. The molecule has 1 fully saturated rings. The van der Waals surface area contributed by atoms with Gasteiger partial charge < -0.3 is 5.32 Å². The van der Waals surface area contributed by atoms with Crippen molar-refractivity contribution in [2.45, 2.75) is 52.1 Å². The van der Waals surface area contributed by atoms with E-state index in [1.165, 1.54) is 10.8 Å². The molecule has 150 valence electrons. The van der Waals surface area contributed by atoms with E-state index in [4.69, 9.17) is 0 Å². The number of rotatable bonds is 5. The molecule has 2 aromatic rings. The summed E-state index contributed by atoms with van der Waals surface area (Å²) in [7, 11) is 0. The standard InChI is InChI=1S/C21H26BrN3O3/c1-13-7-9-15(10-8-13)19(16-6-4-3-5-14(16)2)23-18(26)12-25-11-17(22)20(27)24-21(25)28/h3-6,11,13,15,19H,7-10,12H2,1-2H3,(H,23,26)(H,24,27,28). The number of H-pyrrole nitrogens is 1. The molecular weight excluding hydrogens is 422 g/mol. The monoisotopic (exact) mass is 447 g/mol. The lowest BCUT2D eigenvalue weighted by Crippen LogP contribution is -2.40. The van der Waals surface area contributed by atoms with E-state index >= 15 is 0 Å². The zero-order chi connectivity index (χ0) is 20.3. The van der Waals surface area contributed by atoms with Crippen LogP contribution < -0.4 is 16.6 Å². The maximum atomic E-state index is 12.8. The molecule has 1 aromatic heterocycles. The highest BCUT2D eigenvalue weighted by atomic mass is 79.9. The lowest BCUT2D eigenvalue weighted by molar-refractivity contribution is -0.123. The highest BCUT2D eigenvalue weighted by Crippen LogP contribution is 2.37. The van der Waals surface area contributed by atoms with E-state index in [1.54, 1.807) is 0 Å². The number of nitrogens with one attached hydrogen (secondary N) is 2. The Morgan fingerprint density at radius 3 is 2.61 bits per heavy atom. The fourth-order valence-corrected chi connectivity index (χ4v) is 4.32. The van der Waals surface area contributed by atoms with E-state index in [2.05, 4.69) is 52.2 Å². The predicted molar refractivity (Wildman–Crippen MR) is 112 cm³/mol. The van der Waals surface area contributed by atoms with Gasteiger partial charge in [-0.25, -0.2) is 4.79 Å². The van der Waals surface area contributed by atoms with Gasteiger partial charge in [-0.05, 0) is 58.7 Å². The first kappa shape index (κ1) is 20.6. The number of carbonyl (C=O) groups is 1. The van der Waals surface area contributed by atoms with Crippen molar-refractivity contribution in [3.05, 3.63) is 66.9 Å². The molecule has 1 aliphatic rings. The summed E-state index contributed by atoms with van der Waals surface area (Å²) in [5, 5.41) is 3.16. The van der Waals surface area contributed by atoms with E-state index in [-0.39, 0.29) is 23.0 Å². The Bertz CT molecular complexity index is 958. The summed E-state index contributed by atoms with van der Waals surface area (Å²) in [5.41, 5.74) is 1.18. The zero-order valence-electron chi connectivity index (χ0n) is 16.2. The molecule has 0 aliphatic heterocycles. The summed E-state index contributed by atoms with van der Waals surface area (Å²) >= 11 is 3.10. The first-order chi connectivity index (χ1) is 13.3. The van der Waals surface area contributed by atoms with Crippen molar-refractivity contribution >= 4 is 21.8 Å². The van der Waals surface area contributed by atoms with E-state index < -0.39 is 11.2 Å². The zero-order valence-corrected chi connectivity index (χ0v) is 17.8. The minimum absolute atomic E-state index is 0.0805. The number of halogens is 1. The summed E-state index contributed by atoms with van der Waals surface area (Å²) in [6.45, 7) is 4.20. The van der Waals surface area contributed by atoms with Crippen LogP contribution in [0.4, 0.5) is 0 Å².